The normalized spacial score (nSPS) is 15.2. The van der Waals surface area contributed by atoms with E-state index in [2.05, 4.69) is 5.32 Å². The Morgan fingerprint density at radius 3 is 2.28 bits per heavy atom. The fraction of sp³-hybridized carbons (Fsp3) is 0.350. The minimum atomic E-state index is -1.71. The van der Waals surface area contributed by atoms with E-state index in [1.165, 1.54) is 19.1 Å². The molecule has 176 valence electrons. The molecule has 32 heavy (non-hydrogen) atoms. The van der Waals surface area contributed by atoms with E-state index in [9.17, 15) is 33.3 Å². The third-order valence-corrected chi connectivity index (χ3v) is 6.12. The molecule has 2 unspecified atom stereocenters. The van der Waals surface area contributed by atoms with Crippen molar-refractivity contribution in [3.05, 3.63) is 63.4 Å². The highest BCUT2D eigenvalue weighted by molar-refractivity contribution is 7.99. The fourth-order valence-corrected chi connectivity index (χ4v) is 3.86. The number of rotatable bonds is 10. The second kappa shape index (κ2) is 12.1. The van der Waals surface area contributed by atoms with Crippen molar-refractivity contribution in [2.45, 2.75) is 35.6 Å². The van der Waals surface area contributed by atoms with Crippen molar-refractivity contribution in [3.8, 4) is 0 Å². The van der Waals surface area contributed by atoms with Crippen molar-refractivity contribution in [3.63, 3.8) is 0 Å². The third-order valence-electron chi connectivity index (χ3n) is 4.20. The highest BCUT2D eigenvalue weighted by atomic mass is 35.5. The van der Waals surface area contributed by atoms with Gasteiger partial charge >= 0.3 is 0 Å². The lowest BCUT2D eigenvalue weighted by Gasteiger charge is -2.28. The zero-order valence-corrected chi connectivity index (χ0v) is 18.9. The van der Waals surface area contributed by atoms with Crippen molar-refractivity contribution in [1.29, 1.82) is 0 Å². The SMILES string of the molecule is C[C@@H](O)C(CO)OC(Sc1ccc(Cl)c(Cl)c1)[C@@H](O)CNC(=O)c1cc(F)c(F)c(F)c1. The van der Waals surface area contributed by atoms with E-state index < -0.39 is 65.8 Å². The molecule has 0 bridgehead atoms. The van der Waals surface area contributed by atoms with Crippen LogP contribution in [0.3, 0.4) is 0 Å². The number of halogens is 5. The lowest BCUT2D eigenvalue weighted by atomic mass is 10.2. The van der Waals surface area contributed by atoms with E-state index in [1.807, 2.05) is 0 Å². The number of carbonyl (C=O) groups is 1. The molecule has 0 saturated heterocycles. The van der Waals surface area contributed by atoms with Gasteiger partial charge in [-0.2, -0.15) is 0 Å². The summed E-state index contributed by atoms with van der Waals surface area (Å²) in [4.78, 5) is 12.7. The van der Waals surface area contributed by atoms with Gasteiger partial charge in [0, 0.05) is 17.0 Å². The summed E-state index contributed by atoms with van der Waals surface area (Å²) in [5.41, 5.74) is -1.60. The molecule has 0 heterocycles. The zero-order valence-electron chi connectivity index (χ0n) is 16.6. The second-order valence-corrected chi connectivity index (χ2v) is 8.68. The second-order valence-electron chi connectivity index (χ2n) is 6.69. The monoisotopic (exact) mass is 513 g/mol. The van der Waals surface area contributed by atoms with Crippen molar-refractivity contribution in [1.82, 2.24) is 5.32 Å². The van der Waals surface area contributed by atoms with E-state index in [4.69, 9.17) is 27.9 Å². The molecular weight excluding hydrogens is 494 g/mol. The van der Waals surface area contributed by atoms with Crippen LogP contribution < -0.4 is 5.32 Å². The molecule has 2 aromatic carbocycles. The van der Waals surface area contributed by atoms with Crippen LogP contribution in [0, 0.1) is 17.5 Å². The molecule has 0 aliphatic carbocycles. The molecule has 4 N–H and O–H groups in total. The number of benzene rings is 2. The number of carbonyl (C=O) groups excluding carboxylic acids is 1. The summed E-state index contributed by atoms with van der Waals surface area (Å²) in [5, 5.41) is 32.6. The van der Waals surface area contributed by atoms with Crippen molar-refractivity contribution in [2.75, 3.05) is 13.2 Å². The largest absolute Gasteiger partial charge is 0.394 e. The molecule has 2 rings (SSSR count). The molecule has 0 fully saturated rings. The van der Waals surface area contributed by atoms with E-state index in [1.54, 1.807) is 6.07 Å². The van der Waals surface area contributed by atoms with Gasteiger partial charge in [-0.05, 0) is 37.3 Å². The summed E-state index contributed by atoms with van der Waals surface area (Å²) in [5.74, 6) is -5.74. The summed E-state index contributed by atoms with van der Waals surface area (Å²) < 4.78 is 45.4. The molecule has 4 atom stereocenters. The summed E-state index contributed by atoms with van der Waals surface area (Å²) >= 11 is 12.9. The van der Waals surface area contributed by atoms with Gasteiger partial charge < -0.3 is 25.4 Å². The highest BCUT2D eigenvalue weighted by Gasteiger charge is 2.28. The zero-order chi connectivity index (χ0) is 24.0. The summed E-state index contributed by atoms with van der Waals surface area (Å²) in [6.07, 6.45) is -3.54. The predicted octanol–water partition coefficient (Wildman–Crippen LogP) is 3.38. The number of amides is 1. The molecule has 0 saturated carbocycles. The quantitative estimate of drug-likeness (QED) is 0.221. The maximum atomic E-state index is 13.4. The molecule has 0 aliphatic heterocycles. The average molecular weight is 514 g/mol. The Balaban J connectivity index is 2.14. The average Bonchev–Trinajstić information content (AvgIpc) is 2.74. The number of aliphatic hydroxyl groups is 3. The molecule has 12 heteroatoms. The Hall–Kier alpha value is -1.53. The molecule has 6 nitrogen and oxygen atoms in total. The van der Waals surface area contributed by atoms with E-state index in [0.717, 1.165) is 11.8 Å². The molecular formula is C20H20Cl2F3NO5S. The van der Waals surface area contributed by atoms with Crippen molar-refractivity contribution >= 4 is 40.9 Å². The highest BCUT2D eigenvalue weighted by Crippen LogP contribution is 2.32. The van der Waals surface area contributed by atoms with E-state index in [0.29, 0.717) is 22.1 Å². The predicted molar refractivity (Wildman–Crippen MR) is 114 cm³/mol. The van der Waals surface area contributed by atoms with Crippen molar-refractivity contribution in [2.24, 2.45) is 0 Å². The van der Waals surface area contributed by atoms with Crippen LogP contribution in [0.25, 0.3) is 0 Å². The van der Waals surface area contributed by atoms with Gasteiger partial charge in [-0.25, -0.2) is 13.2 Å². The topological polar surface area (TPSA) is 99.0 Å². The van der Waals surface area contributed by atoms with E-state index >= 15 is 0 Å². The standard InChI is InChI=1S/C20H20Cl2F3NO5S/c1-9(28)17(8-27)31-20(32-11-2-3-12(21)13(22)6-11)16(29)7-26-19(30)10-4-14(23)18(25)15(24)5-10/h2-6,9,16-17,20,27-29H,7-8H2,1H3,(H,26,30)/t9-,16+,17?,20?/m1/s1. The van der Waals surface area contributed by atoms with Gasteiger partial charge in [0.2, 0.25) is 0 Å². The van der Waals surface area contributed by atoms with Crippen LogP contribution >= 0.6 is 35.0 Å². The molecule has 0 spiro atoms. The van der Waals surface area contributed by atoms with Gasteiger partial charge in [0.15, 0.2) is 17.5 Å². The van der Waals surface area contributed by atoms with Gasteiger partial charge in [0.05, 0.1) is 22.8 Å². The number of nitrogens with one attached hydrogen (secondary N) is 1. The van der Waals surface area contributed by atoms with Gasteiger partial charge in [0.1, 0.15) is 17.6 Å². The first kappa shape index (κ1) is 26.7. The number of thioether (sulfide) groups is 1. The van der Waals surface area contributed by atoms with Gasteiger partial charge in [0.25, 0.3) is 5.91 Å². The lowest BCUT2D eigenvalue weighted by molar-refractivity contribution is -0.0934. The molecule has 2 aromatic rings. The minimum Gasteiger partial charge on any atom is -0.394 e. The Morgan fingerprint density at radius 1 is 1.12 bits per heavy atom. The Morgan fingerprint density at radius 2 is 1.75 bits per heavy atom. The van der Waals surface area contributed by atoms with Gasteiger partial charge in [-0.1, -0.05) is 35.0 Å². The summed E-state index contributed by atoms with van der Waals surface area (Å²) in [7, 11) is 0. The van der Waals surface area contributed by atoms with Crippen LogP contribution in [-0.2, 0) is 4.74 Å². The van der Waals surface area contributed by atoms with Crippen LogP contribution in [0.5, 0.6) is 0 Å². The van der Waals surface area contributed by atoms with Crippen LogP contribution in [0.1, 0.15) is 17.3 Å². The van der Waals surface area contributed by atoms with Crippen LogP contribution in [0.15, 0.2) is 35.2 Å². The maximum absolute atomic E-state index is 13.4. The Bertz CT molecular complexity index is 930. The molecule has 1 amide bonds. The number of hydrogen-bond donors (Lipinski definition) is 4. The Labute approximate surface area is 196 Å². The summed E-state index contributed by atoms with van der Waals surface area (Å²) in [6, 6.07) is 5.67. The molecule has 0 aromatic heterocycles. The summed E-state index contributed by atoms with van der Waals surface area (Å²) in [6.45, 7) is 0.396. The third kappa shape index (κ3) is 7.24. The molecule has 0 aliphatic rings. The number of aliphatic hydroxyl groups excluding tert-OH is 3. The van der Waals surface area contributed by atoms with Gasteiger partial charge in [-0.15, -0.1) is 0 Å². The van der Waals surface area contributed by atoms with Crippen molar-refractivity contribution < 1.29 is 38.0 Å². The van der Waals surface area contributed by atoms with Crippen LogP contribution in [-0.4, -0.2) is 58.1 Å². The van der Waals surface area contributed by atoms with Crippen LogP contribution in [0.4, 0.5) is 13.2 Å². The number of ether oxygens (including phenoxy) is 1. The van der Waals surface area contributed by atoms with Gasteiger partial charge in [-0.3, -0.25) is 4.79 Å². The molecule has 0 radical (unpaired) electrons. The van der Waals surface area contributed by atoms with Crippen LogP contribution in [0.2, 0.25) is 10.0 Å². The first-order valence-corrected chi connectivity index (χ1v) is 10.8. The minimum absolute atomic E-state index is 0.243. The maximum Gasteiger partial charge on any atom is 0.251 e. The Kier molecular flexibility index (Phi) is 10.1. The smallest absolute Gasteiger partial charge is 0.251 e. The number of hydrogen-bond acceptors (Lipinski definition) is 6. The van der Waals surface area contributed by atoms with E-state index in [-0.39, 0.29) is 5.02 Å². The first-order chi connectivity index (χ1) is 15.0. The lowest BCUT2D eigenvalue weighted by Crippen LogP contribution is -2.43. The first-order valence-electron chi connectivity index (χ1n) is 9.20. The fourth-order valence-electron chi connectivity index (χ4n) is 2.45.